The highest BCUT2D eigenvalue weighted by molar-refractivity contribution is 5.93. The number of nitrogens with one attached hydrogen (secondary N) is 2. The Bertz CT molecular complexity index is 556. The van der Waals surface area contributed by atoms with Gasteiger partial charge in [0.1, 0.15) is 23.5 Å². The summed E-state index contributed by atoms with van der Waals surface area (Å²) in [6.45, 7) is -0.416. The molecule has 1 atom stereocenters. The number of rotatable bonds is 5. The number of aliphatic hydroxyl groups excluding tert-OH is 1. The third-order valence-electron chi connectivity index (χ3n) is 2.39. The van der Waals surface area contributed by atoms with Crippen LogP contribution in [0.3, 0.4) is 0 Å². The van der Waals surface area contributed by atoms with Gasteiger partial charge in [0.15, 0.2) is 0 Å². The number of hydrogen-bond acceptors (Lipinski definition) is 4. The number of halogens is 1. The highest BCUT2D eigenvalue weighted by Crippen LogP contribution is 2.17. The molecule has 1 aromatic rings. The van der Waals surface area contributed by atoms with Crippen molar-refractivity contribution in [1.29, 1.82) is 5.26 Å². The molecule has 0 saturated carbocycles. The van der Waals surface area contributed by atoms with Crippen LogP contribution in [-0.2, 0) is 4.79 Å². The van der Waals surface area contributed by atoms with E-state index in [1.54, 1.807) is 6.07 Å². The van der Waals surface area contributed by atoms with Gasteiger partial charge in [-0.05, 0) is 12.1 Å². The van der Waals surface area contributed by atoms with Crippen LogP contribution in [0.4, 0.5) is 14.9 Å². The summed E-state index contributed by atoms with van der Waals surface area (Å²) in [5.41, 5.74) is -0.421. The van der Waals surface area contributed by atoms with Crippen molar-refractivity contribution in [2.24, 2.45) is 0 Å². The van der Waals surface area contributed by atoms with Crippen molar-refractivity contribution in [2.75, 3.05) is 11.9 Å². The van der Waals surface area contributed by atoms with E-state index < -0.39 is 30.5 Å². The minimum Gasteiger partial charge on any atom is -0.480 e. The lowest BCUT2D eigenvalue weighted by molar-refractivity contribution is -0.139. The van der Waals surface area contributed by atoms with Gasteiger partial charge in [-0.25, -0.2) is 14.0 Å². The molecule has 0 fully saturated rings. The molecule has 4 N–H and O–H groups in total. The zero-order valence-electron chi connectivity index (χ0n) is 10.3. The number of urea groups is 1. The van der Waals surface area contributed by atoms with E-state index in [-0.39, 0.29) is 17.7 Å². The molecule has 7 nitrogen and oxygen atoms in total. The molecule has 1 aromatic carbocycles. The molecule has 0 aliphatic rings. The van der Waals surface area contributed by atoms with Gasteiger partial charge in [-0.15, -0.1) is 0 Å². The third kappa shape index (κ3) is 3.93. The van der Waals surface area contributed by atoms with Crippen LogP contribution in [0, 0.1) is 17.1 Å². The average molecular weight is 281 g/mol. The molecule has 0 aliphatic carbocycles. The predicted molar refractivity (Wildman–Crippen MR) is 66.4 cm³/mol. The maximum atomic E-state index is 13.3. The van der Waals surface area contributed by atoms with Gasteiger partial charge in [-0.2, -0.15) is 5.26 Å². The Morgan fingerprint density at radius 2 is 2.15 bits per heavy atom. The van der Waals surface area contributed by atoms with E-state index >= 15 is 0 Å². The summed E-state index contributed by atoms with van der Waals surface area (Å²) in [6.07, 6.45) is -0.170. The Labute approximate surface area is 113 Å². The van der Waals surface area contributed by atoms with Crippen molar-refractivity contribution in [1.82, 2.24) is 5.32 Å². The number of carbonyl (C=O) groups excluding carboxylic acids is 1. The van der Waals surface area contributed by atoms with Crippen molar-refractivity contribution in [3.8, 4) is 6.07 Å². The first-order chi connectivity index (χ1) is 9.49. The van der Waals surface area contributed by atoms with Gasteiger partial charge in [-0.1, -0.05) is 6.07 Å². The van der Waals surface area contributed by atoms with E-state index in [2.05, 4.69) is 10.6 Å². The molecule has 8 heteroatoms. The molecule has 0 heterocycles. The van der Waals surface area contributed by atoms with Gasteiger partial charge in [-0.3, -0.25) is 0 Å². The largest absolute Gasteiger partial charge is 0.480 e. The van der Waals surface area contributed by atoms with Crippen LogP contribution in [-0.4, -0.2) is 34.9 Å². The van der Waals surface area contributed by atoms with Crippen molar-refractivity contribution in [3.05, 3.63) is 29.6 Å². The first-order valence-electron chi connectivity index (χ1n) is 5.59. The third-order valence-corrected chi connectivity index (χ3v) is 2.39. The molecule has 0 radical (unpaired) electrons. The van der Waals surface area contributed by atoms with Crippen LogP contribution in [0.25, 0.3) is 0 Å². The Kier molecular flexibility index (Phi) is 5.43. The topological polar surface area (TPSA) is 122 Å². The molecule has 0 bridgehead atoms. The molecule has 0 aromatic heterocycles. The molecule has 1 rings (SSSR count). The van der Waals surface area contributed by atoms with Gasteiger partial charge in [0, 0.05) is 13.0 Å². The Morgan fingerprint density at radius 1 is 1.45 bits per heavy atom. The number of benzene rings is 1. The van der Waals surface area contributed by atoms with E-state index in [0.29, 0.717) is 0 Å². The second-order valence-electron chi connectivity index (χ2n) is 3.78. The maximum Gasteiger partial charge on any atom is 0.326 e. The van der Waals surface area contributed by atoms with Crippen LogP contribution in [0.5, 0.6) is 0 Å². The maximum absolute atomic E-state index is 13.3. The van der Waals surface area contributed by atoms with Crippen molar-refractivity contribution in [2.45, 2.75) is 12.5 Å². The summed E-state index contributed by atoms with van der Waals surface area (Å²) >= 11 is 0. The van der Waals surface area contributed by atoms with Gasteiger partial charge < -0.3 is 20.8 Å². The summed E-state index contributed by atoms with van der Waals surface area (Å²) in [4.78, 5) is 22.4. The lowest BCUT2D eigenvalue weighted by Crippen LogP contribution is -2.43. The fraction of sp³-hybridized carbons (Fsp3) is 0.250. The molecular formula is C12H12FN3O4. The van der Waals surface area contributed by atoms with E-state index in [0.717, 1.165) is 6.07 Å². The number of aliphatic carboxylic acids is 1. The minimum atomic E-state index is -1.31. The fourth-order valence-electron chi connectivity index (χ4n) is 1.45. The molecule has 106 valence electrons. The molecule has 0 unspecified atom stereocenters. The number of carboxylic acids is 1. The molecular weight excluding hydrogens is 269 g/mol. The van der Waals surface area contributed by atoms with E-state index in [1.165, 1.54) is 12.1 Å². The summed E-state index contributed by atoms with van der Waals surface area (Å²) < 4.78 is 13.3. The average Bonchev–Trinajstić information content (AvgIpc) is 2.38. The van der Waals surface area contributed by atoms with Gasteiger partial charge >= 0.3 is 12.0 Å². The molecule has 0 saturated heterocycles. The first kappa shape index (κ1) is 15.4. The summed E-state index contributed by atoms with van der Waals surface area (Å²) in [6, 6.07) is 3.08. The number of anilines is 1. The van der Waals surface area contributed by atoms with Crippen LogP contribution >= 0.6 is 0 Å². The SMILES string of the molecule is N#Cc1c(F)cccc1NC(=O)N[C@H](CCO)C(=O)O. The minimum absolute atomic E-state index is 0.0712. The number of carboxylic acid groups (broad SMARTS) is 1. The van der Waals surface area contributed by atoms with Crippen LogP contribution in [0.1, 0.15) is 12.0 Å². The highest BCUT2D eigenvalue weighted by atomic mass is 19.1. The van der Waals surface area contributed by atoms with Crippen molar-refractivity contribution < 1.29 is 24.2 Å². The Hall–Kier alpha value is -2.66. The summed E-state index contributed by atoms with van der Waals surface area (Å²) in [5.74, 6) is -2.11. The summed E-state index contributed by atoms with van der Waals surface area (Å²) in [7, 11) is 0. The van der Waals surface area contributed by atoms with Crippen molar-refractivity contribution in [3.63, 3.8) is 0 Å². The van der Waals surface area contributed by atoms with E-state index in [1.807, 2.05) is 0 Å². The molecule has 0 aliphatic heterocycles. The van der Waals surface area contributed by atoms with Gasteiger partial charge in [0.05, 0.1) is 5.69 Å². The van der Waals surface area contributed by atoms with E-state index in [9.17, 15) is 14.0 Å². The standard InChI is InChI=1S/C12H12FN3O4/c13-8-2-1-3-9(7(8)6-14)15-12(20)16-10(4-5-17)11(18)19/h1-3,10,17H,4-5H2,(H,18,19)(H2,15,16,20)/t10-/m1/s1. The van der Waals surface area contributed by atoms with Gasteiger partial charge in [0.25, 0.3) is 0 Å². The number of nitriles is 1. The first-order valence-corrected chi connectivity index (χ1v) is 5.59. The summed E-state index contributed by atoms with van der Waals surface area (Å²) in [5, 5.41) is 30.5. The van der Waals surface area contributed by atoms with Crippen LogP contribution in [0.2, 0.25) is 0 Å². The van der Waals surface area contributed by atoms with Crippen molar-refractivity contribution >= 4 is 17.7 Å². The molecule has 2 amide bonds. The predicted octanol–water partition coefficient (Wildman–Crippen LogP) is 0.654. The quantitative estimate of drug-likeness (QED) is 0.631. The Morgan fingerprint density at radius 3 is 2.70 bits per heavy atom. The number of nitrogens with zero attached hydrogens (tertiary/aromatic N) is 1. The number of aliphatic hydroxyl groups is 1. The van der Waals surface area contributed by atoms with E-state index in [4.69, 9.17) is 15.5 Å². The fourth-order valence-corrected chi connectivity index (χ4v) is 1.45. The van der Waals surface area contributed by atoms with Crippen LogP contribution < -0.4 is 10.6 Å². The van der Waals surface area contributed by atoms with Gasteiger partial charge in [0.2, 0.25) is 0 Å². The number of amides is 2. The normalized spacial score (nSPS) is 11.2. The second-order valence-corrected chi connectivity index (χ2v) is 3.78. The monoisotopic (exact) mass is 281 g/mol. The Balaban J connectivity index is 2.79. The number of carbonyl (C=O) groups is 2. The zero-order valence-corrected chi connectivity index (χ0v) is 10.3. The molecule has 0 spiro atoms. The molecule has 20 heavy (non-hydrogen) atoms. The highest BCUT2D eigenvalue weighted by Gasteiger charge is 2.20. The lowest BCUT2D eigenvalue weighted by atomic mass is 10.2. The number of hydrogen-bond donors (Lipinski definition) is 4. The smallest absolute Gasteiger partial charge is 0.326 e. The second kappa shape index (κ2) is 7.06. The van der Waals surface area contributed by atoms with Crippen LogP contribution in [0.15, 0.2) is 18.2 Å². The zero-order chi connectivity index (χ0) is 15.1. The lowest BCUT2D eigenvalue weighted by Gasteiger charge is -2.14.